The lowest BCUT2D eigenvalue weighted by Gasteiger charge is -2.31. The third-order valence-corrected chi connectivity index (χ3v) is 7.39. The minimum Gasteiger partial charge on any atom is -0.350 e. The van der Waals surface area contributed by atoms with E-state index in [2.05, 4.69) is 10.3 Å². The highest BCUT2D eigenvalue weighted by molar-refractivity contribution is 7.89. The first-order valence-corrected chi connectivity index (χ1v) is 11.5. The first-order chi connectivity index (χ1) is 14.9. The Labute approximate surface area is 180 Å². The molecule has 2 heterocycles. The van der Waals surface area contributed by atoms with E-state index in [0.29, 0.717) is 48.8 Å². The van der Waals surface area contributed by atoms with Gasteiger partial charge in [0.1, 0.15) is 11.5 Å². The molecule has 0 bridgehead atoms. The zero-order valence-corrected chi connectivity index (χ0v) is 17.6. The summed E-state index contributed by atoms with van der Waals surface area (Å²) >= 11 is 0. The lowest BCUT2D eigenvalue weighted by atomic mass is 9.98. The molecule has 1 N–H and O–H groups in total. The maximum atomic E-state index is 13.2. The SMILES string of the molecule is O=C(NCC1CCN(S(=O)(=O)c2ccccc2)CC1)c1cncn1-c1ccc(F)cc1. The molecule has 1 aromatic heterocycles. The number of carbonyl (C=O) groups is 1. The summed E-state index contributed by atoms with van der Waals surface area (Å²) in [7, 11) is -3.48. The van der Waals surface area contributed by atoms with Gasteiger partial charge in [-0.1, -0.05) is 18.2 Å². The Kier molecular flexibility index (Phi) is 6.15. The highest BCUT2D eigenvalue weighted by Crippen LogP contribution is 2.23. The molecule has 31 heavy (non-hydrogen) atoms. The smallest absolute Gasteiger partial charge is 0.269 e. The lowest BCUT2D eigenvalue weighted by molar-refractivity contribution is 0.0934. The van der Waals surface area contributed by atoms with Crippen molar-refractivity contribution in [2.75, 3.05) is 19.6 Å². The van der Waals surface area contributed by atoms with Crippen LogP contribution in [0.5, 0.6) is 0 Å². The number of aromatic nitrogens is 2. The molecule has 2 aromatic carbocycles. The van der Waals surface area contributed by atoms with Crippen LogP contribution in [0.1, 0.15) is 23.3 Å². The molecule has 0 atom stereocenters. The fraction of sp³-hybridized carbons (Fsp3) is 0.273. The van der Waals surface area contributed by atoms with E-state index in [4.69, 9.17) is 0 Å². The van der Waals surface area contributed by atoms with Crippen LogP contribution < -0.4 is 5.32 Å². The Hall–Kier alpha value is -3.04. The molecule has 0 spiro atoms. The van der Waals surface area contributed by atoms with E-state index in [1.54, 1.807) is 47.0 Å². The molecule has 1 aliphatic rings. The summed E-state index contributed by atoms with van der Waals surface area (Å²) in [5.74, 6) is -0.440. The summed E-state index contributed by atoms with van der Waals surface area (Å²) < 4.78 is 41.7. The van der Waals surface area contributed by atoms with Gasteiger partial charge < -0.3 is 5.32 Å². The largest absolute Gasteiger partial charge is 0.350 e. The van der Waals surface area contributed by atoms with Gasteiger partial charge in [-0.2, -0.15) is 4.31 Å². The molecule has 3 aromatic rings. The van der Waals surface area contributed by atoms with Gasteiger partial charge in [0.15, 0.2) is 0 Å². The van der Waals surface area contributed by atoms with Gasteiger partial charge in [-0.05, 0) is 55.2 Å². The quantitative estimate of drug-likeness (QED) is 0.636. The van der Waals surface area contributed by atoms with Gasteiger partial charge in [0, 0.05) is 25.3 Å². The first-order valence-electron chi connectivity index (χ1n) is 10.1. The average molecular weight is 443 g/mol. The van der Waals surface area contributed by atoms with Crippen LogP contribution in [0.15, 0.2) is 72.0 Å². The minimum absolute atomic E-state index is 0.188. The maximum Gasteiger partial charge on any atom is 0.269 e. The molecule has 1 amide bonds. The molecule has 1 aliphatic heterocycles. The van der Waals surface area contributed by atoms with Gasteiger partial charge in [-0.15, -0.1) is 0 Å². The number of hydrogen-bond acceptors (Lipinski definition) is 4. The Morgan fingerprint density at radius 2 is 1.74 bits per heavy atom. The maximum absolute atomic E-state index is 13.2. The molecule has 7 nitrogen and oxygen atoms in total. The second kappa shape index (κ2) is 8.99. The number of nitrogens with zero attached hydrogens (tertiary/aromatic N) is 3. The summed E-state index contributed by atoms with van der Waals surface area (Å²) in [6, 6.07) is 14.2. The van der Waals surface area contributed by atoms with E-state index >= 15 is 0 Å². The topological polar surface area (TPSA) is 84.3 Å². The molecular weight excluding hydrogens is 419 g/mol. The van der Waals surface area contributed by atoms with Crippen molar-refractivity contribution in [3.8, 4) is 5.69 Å². The van der Waals surface area contributed by atoms with E-state index in [0.717, 1.165) is 0 Å². The predicted molar refractivity (Wildman–Crippen MR) is 114 cm³/mol. The molecule has 0 radical (unpaired) electrons. The Balaban J connectivity index is 1.33. The average Bonchev–Trinajstić information content (AvgIpc) is 3.29. The zero-order valence-electron chi connectivity index (χ0n) is 16.8. The van der Waals surface area contributed by atoms with Crippen molar-refractivity contribution in [2.45, 2.75) is 17.7 Å². The standard InChI is InChI=1S/C22H23FN4O3S/c23-18-6-8-19(9-7-18)27-16-24-15-21(27)22(28)25-14-17-10-12-26(13-11-17)31(29,30)20-4-2-1-3-5-20/h1-9,15-17H,10-14H2,(H,25,28). The molecule has 9 heteroatoms. The van der Waals surface area contributed by atoms with E-state index in [1.165, 1.54) is 29.0 Å². The first kappa shape index (κ1) is 21.2. The van der Waals surface area contributed by atoms with Gasteiger partial charge in [0.2, 0.25) is 10.0 Å². The zero-order chi connectivity index (χ0) is 21.8. The molecule has 0 unspecified atom stereocenters. The number of nitrogens with one attached hydrogen (secondary N) is 1. The fourth-order valence-electron chi connectivity index (χ4n) is 3.69. The molecule has 1 saturated heterocycles. The van der Waals surface area contributed by atoms with Crippen molar-refractivity contribution in [3.63, 3.8) is 0 Å². The normalized spacial score (nSPS) is 15.6. The van der Waals surface area contributed by atoms with Gasteiger partial charge in [-0.25, -0.2) is 17.8 Å². The molecule has 0 saturated carbocycles. The molecule has 0 aliphatic carbocycles. The second-order valence-corrected chi connectivity index (χ2v) is 9.43. The number of piperidine rings is 1. The summed E-state index contributed by atoms with van der Waals surface area (Å²) in [6.45, 7) is 1.29. The van der Waals surface area contributed by atoms with Crippen molar-refractivity contribution in [1.29, 1.82) is 0 Å². The van der Waals surface area contributed by atoms with Crippen LogP contribution in [-0.2, 0) is 10.0 Å². The van der Waals surface area contributed by atoms with Crippen LogP contribution in [0.25, 0.3) is 5.69 Å². The number of amides is 1. The number of benzene rings is 2. The predicted octanol–water partition coefficient (Wildman–Crippen LogP) is 2.84. The summed E-state index contributed by atoms with van der Waals surface area (Å²) in [5, 5.41) is 2.92. The van der Waals surface area contributed by atoms with Gasteiger partial charge in [0.05, 0.1) is 17.4 Å². The van der Waals surface area contributed by atoms with Crippen molar-refractivity contribution < 1.29 is 17.6 Å². The third kappa shape index (κ3) is 4.67. The minimum atomic E-state index is -3.48. The number of carbonyl (C=O) groups excluding carboxylic acids is 1. The van der Waals surface area contributed by atoms with E-state index < -0.39 is 10.0 Å². The summed E-state index contributed by atoms with van der Waals surface area (Å²) in [4.78, 5) is 17.0. The fourth-order valence-corrected chi connectivity index (χ4v) is 5.18. The number of imidazole rings is 1. The van der Waals surface area contributed by atoms with E-state index in [1.807, 2.05) is 0 Å². The van der Waals surface area contributed by atoms with Crippen molar-refractivity contribution in [2.24, 2.45) is 5.92 Å². The molecule has 1 fully saturated rings. The van der Waals surface area contributed by atoms with Gasteiger partial charge >= 0.3 is 0 Å². The number of sulfonamides is 1. The van der Waals surface area contributed by atoms with Crippen LogP contribution in [0.4, 0.5) is 4.39 Å². The van der Waals surface area contributed by atoms with Crippen LogP contribution >= 0.6 is 0 Å². The Morgan fingerprint density at radius 1 is 1.06 bits per heavy atom. The van der Waals surface area contributed by atoms with E-state index in [-0.39, 0.29) is 17.6 Å². The van der Waals surface area contributed by atoms with Crippen LogP contribution in [0.2, 0.25) is 0 Å². The monoisotopic (exact) mass is 442 g/mol. The third-order valence-electron chi connectivity index (χ3n) is 5.48. The summed E-state index contributed by atoms with van der Waals surface area (Å²) in [5.41, 5.74) is 0.999. The van der Waals surface area contributed by atoms with Crippen LogP contribution in [0, 0.1) is 11.7 Å². The molecule has 4 rings (SSSR count). The van der Waals surface area contributed by atoms with Gasteiger partial charge in [0.25, 0.3) is 5.91 Å². The highest BCUT2D eigenvalue weighted by atomic mass is 32.2. The number of rotatable bonds is 6. The Bertz CT molecular complexity index is 1140. The number of hydrogen-bond donors (Lipinski definition) is 1. The Morgan fingerprint density at radius 3 is 2.42 bits per heavy atom. The molecule has 162 valence electrons. The van der Waals surface area contributed by atoms with Crippen molar-refractivity contribution in [1.82, 2.24) is 19.2 Å². The lowest BCUT2D eigenvalue weighted by Crippen LogP contribution is -2.41. The second-order valence-electron chi connectivity index (χ2n) is 7.50. The summed E-state index contributed by atoms with van der Waals surface area (Å²) in [6.07, 6.45) is 4.32. The van der Waals surface area contributed by atoms with Crippen LogP contribution in [0.3, 0.4) is 0 Å². The van der Waals surface area contributed by atoms with E-state index in [9.17, 15) is 17.6 Å². The van der Waals surface area contributed by atoms with Gasteiger partial charge in [-0.3, -0.25) is 9.36 Å². The van der Waals surface area contributed by atoms with Crippen LogP contribution in [-0.4, -0.2) is 47.8 Å². The molecular formula is C22H23FN4O3S. The van der Waals surface area contributed by atoms with Crippen molar-refractivity contribution in [3.05, 3.63) is 78.6 Å². The highest BCUT2D eigenvalue weighted by Gasteiger charge is 2.29. The number of halogens is 1. The van der Waals surface area contributed by atoms with Crippen molar-refractivity contribution >= 4 is 15.9 Å².